The highest BCUT2D eigenvalue weighted by atomic mass is 16.5. The van der Waals surface area contributed by atoms with E-state index in [-0.39, 0.29) is 5.97 Å². The molecular formula is C14H23N3O2. The molecule has 1 N–H and O–H groups in total. The SMILES string of the molecule is CCCCC(C)Nc1ncc(C(=O)OCC)c(C)n1. The van der Waals surface area contributed by atoms with Crippen molar-refractivity contribution >= 4 is 11.9 Å². The van der Waals surface area contributed by atoms with Crippen molar-refractivity contribution < 1.29 is 9.53 Å². The minimum absolute atomic E-state index is 0.327. The number of anilines is 1. The highest BCUT2D eigenvalue weighted by Crippen LogP contribution is 2.11. The zero-order chi connectivity index (χ0) is 14.3. The third-order valence-electron chi connectivity index (χ3n) is 2.84. The molecular weight excluding hydrogens is 242 g/mol. The van der Waals surface area contributed by atoms with Gasteiger partial charge in [-0.25, -0.2) is 14.8 Å². The van der Waals surface area contributed by atoms with Crippen LogP contribution in [0, 0.1) is 6.92 Å². The summed E-state index contributed by atoms with van der Waals surface area (Å²) in [6, 6.07) is 0.327. The first kappa shape index (κ1) is 15.4. The third-order valence-corrected chi connectivity index (χ3v) is 2.84. The number of esters is 1. The van der Waals surface area contributed by atoms with Gasteiger partial charge in [0.1, 0.15) is 0 Å². The lowest BCUT2D eigenvalue weighted by atomic mass is 10.1. The van der Waals surface area contributed by atoms with E-state index in [9.17, 15) is 4.79 Å². The first-order valence-electron chi connectivity index (χ1n) is 6.85. The van der Waals surface area contributed by atoms with Gasteiger partial charge in [0.25, 0.3) is 0 Å². The van der Waals surface area contributed by atoms with Crippen molar-refractivity contribution in [2.75, 3.05) is 11.9 Å². The number of carbonyl (C=O) groups is 1. The second kappa shape index (κ2) is 7.71. The smallest absolute Gasteiger partial charge is 0.341 e. The molecule has 0 fully saturated rings. The quantitative estimate of drug-likeness (QED) is 0.768. The lowest BCUT2D eigenvalue weighted by molar-refractivity contribution is 0.0524. The molecule has 1 aromatic rings. The molecule has 0 saturated heterocycles. The van der Waals surface area contributed by atoms with Crippen molar-refractivity contribution in [1.82, 2.24) is 9.97 Å². The minimum atomic E-state index is -0.370. The highest BCUT2D eigenvalue weighted by Gasteiger charge is 2.13. The number of carbonyl (C=O) groups excluding carboxylic acids is 1. The van der Waals surface area contributed by atoms with Gasteiger partial charge in [0.2, 0.25) is 5.95 Å². The van der Waals surface area contributed by atoms with E-state index < -0.39 is 0 Å². The third kappa shape index (κ3) is 4.85. The van der Waals surface area contributed by atoms with Crippen LogP contribution in [0.25, 0.3) is 0 Å². The molecule has 0 spiro atoms. The van der Waals surface area contributed by atoms with Gasteiger partial charge in [0.05, 0.1) is 17.9 Å². The van der Waals surface area contributed by atoms with Gasteiger partial charge >= 0.3 is 5.97 Å². The van der Waals surface area contributed by atoms with Gasteiger partial charge in [-0.3, -0.25) is 0 Å². The first-order chi connectivity index (χ1) is 9.08. The fourth-order valence-electron chi connectivity index (χ4n) is 1.75. The summed E-state index contributed by atoms with van der Waals surface area (Å²) in [4.78, 5) is 20.1. The van der Waals surface area contributed by atoms with Crippen LogP contribution in [0.4, 0.5) is 5.95 Å². The number of nitrogens with zero attached hydrogens (tertiary/aromatic N) is 2. The molecule has 106 valence electrons. The summed E-state index contributed by atoms with van der Waals surface area (Å²) in [7, 11) is 0. The zero-order valence-corrected chi connectivity index (χ0v) is 12.2. The maximum absolute atomic E-state index is 11.6. The normalized spacial score (nSPS) is 12.0. The van der Waals surface area contributed by atoms with Crippen molar-refractivity contribution in [2.45, 2.75) is 53.0 Å². The monoisotopic (exact) mass is 265 g/mol. The summed E-state index contributed by atoms with van der Waals surface area (Å²) in [5.74, 6) is 0.194. The maximum atomic E-state index is 11.6. The Morgan fingerprint density at radius 2 is 2.21 bits per heavy atom. The van der Waals surface area contributed by atoms with Crippen LogP contribution in [-0.2, 0) is 4.74 Å². The Morgan fingerprint density at radius 3 is 2.79 bits per heavy atom. The van der Waals surface area contributed by atoms with Crippen LogP contribution < -0.4 is 5.32 Å². The van der Waals surface area contributed by atoms with Gasteiger partial charge in [-0.15, -0.1) is 0 Å². The molecule has 5 heteroatoms. The first-order valence-corrected chi connectivity index (χ1v) is 6.85. The number of aromatic nitrogens is 2. The average Bonchev–Trinajstić information content (AvgIpc) is 2.36. The molecule has 0 aromatic carbocycles. The lowest BCUT2D eigenvalue weighted by Crippen LogP contribution is -2.18. The van der Waals surface area contributed by atoms with E-state index in [0.29, 0.717) is 29.9 Å². The van der Waals surface area contributed by atoms with Crippen LogP contribution in [0.1, 0.15) is 56.1 Å². The van der Waals surface area contributed by atoms with E-state index in [4.69, 9.17) is 4.74 Å². The fourth-order valence-corrected chi connectivity index (χ4v) is 1.75. The summed E-state index contributed by atoms with van der Waals surface area (Å²) >= 11 is 0. The predicted molar refractivity (Wildman–Crippen MR) is 75.3 cm³/mol. The predicted octanol–water partition coefficient (Wildman–Crippen LogP) is 2.95. The second-order valence-corrected chi connectivity index (χ2v) is 4.60. The van der Waals surface area contributed by atoms with Crippen molar-refractivity contribution in [2.24, 2.45) is 0 Å². The molecule has 0 amide bonds. The van der Waals surface area contributed by atoms with E-state index in [1.165, 1.54) is 19.0 Å². The maximum Gasteiger partial charge on any atom is 0.341 e. The number of unbranched alkanes of at least 4 members (excludes halogenated alkanes) is 1. The number of hydrogen-bond acceptors (Lipinski definition) is 5. The summed E-state index contributed by atoms with van der Waals surface area (Å²) in [6.07, 6.45) is 4.95. The molecule has 1 rings (SSSR count). The van der Waals surface area contributed by atoms with Crippen molar-refractivity contribution in [1.29, 1.82) is 0 Å². The number of hydrogen-bond donors (Lipinski definition) is 1. The van der Waals surface area contributed by atoms with Crippen molar-refractivity contribution in [3.05, 3.63) is 17.5 Å². The summed E-state index contributed by atoms with van der Waals surface area (Å²) in [6.45, 7) is 8.19. The number of ether oxygens (including phenoxy) is 1. The Hall–Kier alpha value is -1.65. The van der Waals surface area contributed by atoms with Crippen LogP contribution in [0.2, 0.25) is 0 Å². The van der Waals surface area contributed by atoms with E-state index >= 15 is 0 Å². The van der Waals surface area contributed by atoms with Gasteiger partial charge < -0.3 is 10.1 Å². The number of aryl methyl sites for hydroxylation is 1. The van der Waals surface area contributed by atoms with Gasteiger partial charge in [-0.1, -0.05) is 19.8 Å². The minimum Gasteiger partial charge on any atom is -0.462 e. The van der Waals surface area contributed by atoms with Gasteiger partial charge in [0, 0.05) is 12.2 Å². The summed E-state index contributed by atoms with van der Waals surface area (Å²) in [5, 5.41) is 3.24. The molecule has 1 unspecified atom stereocenters. The van der Waals surface area contributed by atoms with Crippen LogP contribution in [0.3, 0.4) is 0 Å². The molecule has 1 heterocycles. The fraction of sp³-hybridized carbons (Fsp3) is 0.643. The van der Waals surface area contributed by atoms with Crippen LogP contribution in [-0.4, -0.2) is 28.6 Å². The van der Waals surface area contributed by atoms with Crippen LogP contribution >= 0.6 is 0 Å². The molecule has 0 aliphatic carbocycles. The largest absolute Gasteiger partial charge is 0.462 e. The van der Waals surface area contributed by atoms with Gasteiger partial charge in [-0.2, -0.15) is 0 Å². The van der Waals surface area contributed by atoms with Crippen molar-refractivity contribution in [3.8, 4) is 0 Å². The number of nitrogens with one attached hydrogen (secondary N) is 1. The molecule has 1 atom stereocenters. The molecule has 1 aromatic heterocycles. The molecule has 0 bridgehead atoms. The molecule has 0 saturated carbocycles. The molecule has 0 radical (unpaired) electrons. The van der Waals surface area contributed by atoms with E-state index in [1.54, 1.807) is 13.8 Å². The second-order valence-electron chi connectivity index (χ2n) is 4.60. The number of rotatable bonds is 7. The molecule has 0 aliphatic heterocycles. The molecule has 19 heavy (non-hydrogen) atoms. The average molecular weight is 265 g/mol. The molecule has 5 nitrogen and oxygen atoms in total. The van der Waals surface area contributed by atoms with Crippen molar-refractivity contribution in [3.63, 3.8) is 0 Å². The Kier molecular flexibility index (Phi) is 6.25. The standard InChI is InChI=1S/C14H23N3O2/c1-5-7-8-10(3)16-14-15-9-12(11(4)17-14)13(18)19-6-2/h9-10H,5-8H2,1-4H3,(H,15,16,17). The Bertz CT molecular complexity index is 421. The topological polar surface area (TPSA) is 64.1 Å². The highest BCUT2D eigenvalue weighted by molar-refractivity contribution is 5.90. The Balaban J connectivity index is 2.68. The lowest BCUT2D eigenvalue weighted by Gasteiger charge is -2.14. The van der Waals surface area contributed by atoms with Crippen LogP contribution in [0.5, 0.6) is 0 Å². The summed E-state index contributed by atoms with van der Waals surface area (Å²) < 4.78 is 4.94. The van der Waals surface area contributed by atoms with E-state index in [2.05, 4.69) is 29.1 Å². The molecule has 0 aliphatic rings. The summed E-state index contributed by atoms with van der Waals surface area (Å²) in [5.41, 5.74) is 1.06. The zero-order valence-electron chi connectivity index (χ0n) is 12.2. The Morgan fingerprint density at radius 1 is 1.47 bits per heavy atom. The van der Waals surface area contributed by atoms with Gasteiger partial charge in [-0.05, 0) is 27.2 Å². The van der Waals surface area contributed by atoms with E-state index in [0.717, 1.165) is 6.42 Å². The van der Waals surface area contributed by atoms with Gasteiger partial charge in [0.15, 0.2) is 0 Å². The van der Waals surface area contributed by atoms with E-state index in [1.807, 2.05) is 0 Å². The Labute approximate surface area is 114 Å². The van der Waals surface area contributed by atoms with Crippen LogP contribution in [0.15, 0.2) is 6.20 Å².